The van der Waals surface area contributed by atoms with E-state index < -0.39 is 0 Å². The van der Waals surface area contributed by atoms with Gasteiger partial charge in [0, 0.05) is 5.54 Å². The summed E-state index contributed by atoms with van der Waals surface area (Å²) in [6, 6.07) is 0. The van der Waals surface area contributed by atoms with Gasteiger partial charge in [0.05, 0.1) is 7.11 Å². The molecule has 1 aromatic heterocycles. The molecule has 0 unspecified atom stereocenters. The highest BCUT2D eigenvalue weighted by Gasteiger charge is 2.51. The number of nitrogens with zero attached hydrogens (tertiary/aromatic N) is 3. The number of rotatable bonds is 4. The van der Waals surface area contributed by atoms with E-state index in [4.69, 9.17) is 10.5 Å². The molecule has 5 rings (SSSR count). The summed E-state index contributed by atoms with van der Waals surface area (Å²) in [5.41, 5.74) is 5.89. The number of anilines is 2. The molecule has 1 heterocycles. The van der Waals surface area contributed by atoms with Crippen LogP contribution in [0.2, 0.25) is 0 Å². The summed E-state index contributed by atoms with van der Waals surface area (Å²) in [6.45, 7) is 0. The molecule has 3 N–H and O–H groups in total. The van der Waals surface area contributed by atoms with E-state index in [1.165, 1.54) is 26.4 Å². The van der Waals surface area contributed by atoms with Crippen molar-refractivity contribution in [2.45, 2.75) is 44.1 Å². The summed E-state index contributed by atoms with van der Waals surface area (Å²) in [7, 11) is 1.45. The molecule has 118 valence electrons. The quantitative estimate of drug-likeness (QED) is 0.829. The SMILES string of the molecule is COc1nc(N)nc(NC23CC4CC(CC(C4)C2)C3)c1N=O. The summed E-state index contributed by atoms with van der Waals surface area (Å²) in [4.78, 5) is 19.4. The van der Waals surface area contributed by atoms with E-state index in [2.05, 4.69) is 20.5 Å². The fourth-order valence-electron chi connectivity index (χ4n) is 5.28. The zero-order valence-electron chi connectivity index (χ0n) is 12.7. The second-order valence-corrected chi connectivity index (χ2v) is 7.20. The third-order valence-corrected chi connectivity index (χ3v) is 5.58. The Morgan fingerprint density at radius 3 is 2.27 bits per heavy atom. The van der Waals surface area contributed by atoms with Crippen LogP contribution in [0.15, 0.2) is 5.18 Å². The van der Waals surface area contributed by atoms with Crippen molar-refractivity contribution < 1.29 is 4.74 Å². The normalized spacial score (nSPS) is 35.4. The van der Waals surface area contributed by atoms with Gasteiger partial charge in [0.1, 0.15) is 0 Å². The Morgan fingerprint density at radius 2 is 1.77 bits per heavy atom. The van der Waals surface area contributed by atoms with Crippen molar-refractivity contribution in [2.75, 3.05) is 18.2 Å². The van der Waals surface area contributed by atoms with Crippen LogP contribution in [0, 0.1) is 22.7 Å². The van der Waals surface area contributed by atoms with Crippen molar-refractivity contribution >= 4 is 17.5 Å². The van der Waals surface area contributed by atoms with Crippen LogP contribution >= 0.6 is 0 Å². The van der Waals surface area contributed by atoms with E-state index in [0.717, 1.165) is 37.0 Å². The first-order chi connectivity index (χ1) is 10.6. The van der Waals surface area contributed by atoms with Gasteiger partial charge in [-0.25, -0.2) is 0 Å². The minimum absolute atomic E-state index is 0.0278. The van der Waals surface area contributed by atoms with Gasteiger partial charge in [0.25, 0.3) is 5.88 Å². The molecule has 7 heteroatoms. The number of aromatic nitrogens is 2. The molecule has 4 aliphatic carbocycles. The molecule has 0 atom stereocenters. The van der Waals surface area contributed by atoms with Crippen LogP contribution in [-0.4, -0.2) is 22.6 Å². The van der Waals surface area contributed by atoms with E-state index in [1.807, 2.05) is 0 Å². The number of nitroso groups, excluding NO2 is 1. The van der Waals surface area contributed by atoms with Crippen molar-refractivity contribution in [2.24, 2.45) is 22.9 Å². The van der Waals surface area contributed by atoms with Crippen LogP contribution in [0.1, 0.15) is 38.5 Å². The Bertz CT molecular complexity index is 583. The summed E-state index contributed by atoms with van der Waals surface area (Å²) in [6.07, 6.45) is 7.50. The fourth-order valence-corrected chi connectivity index (χ4v) is 5.28. The lowest BCUT2D eigenvalue weighted by Gasteiger charge is -2.57. The molecule has 0 spiro atoms. The van der Waals surface area contributed by atoms with Gasteiger partial charge in [-0.2, -0.15) is 9.97 Å². The molecular formula is C15H21N5O2. The standard InChI is InChI=1S/C15H21N5O2/c1-22-13-11(20-21)12(17-14(16)18-13)19-15-5-8-2-9(6-15)4-10(3-8)7-15/h8-10H,2-7H2,1H3,(H3,16,17,18,19). The number of ether oxygens (including phenoxy) is 1. The Morgan fingerprint density at radius 1 is 1.18 bits per heavy atom. The molecule has 0 radical (unpaired) electrons. The third-order valence-electron chi connectivity index (χ3n) is 5.58. The van der Waals surface area contributed by atoms with Gasteiger partial charge < -0.3 is 15.8 Å². The average Bonchev–Trinajstić information content (AvgIpc) is 2.44. The first-order valence-electron chi connectivity index (χ1n) is 7.94. The van der Waals surface area contributed by atoms with Crippen molar-refractivity contribution in [3.8, 4) is 5.88 Å². The van der Waals surface area contributed by atoms with E-state index in [1.54, 1.807) is 0 Å². The average molecular weight is 303 g/mol. The van der Waals surface area contributed by atoms with Crippen molar-refractivity contribution in [1.29, 1.82) is 0 Å². The first-order valence-corrected chi connectivity index (χ1v) is 7.94. The predicted octanol–water partition coefficient (Wildman–Crippen LogP) is 2.85. The van der Waals surface area contributed by atoms with Gasteiger partial charge in [-0.05, 0) is 61.5 Å². The topological polar surface area (TPSA) is 102 Å². The van der Waals surface area contributed by atoms with Gasteiger partial charge in [-0.1, -0.05) is 0 Å². The van der Waals surface area contributed by atoms with Crippen LogP contribution in [-0.2, 0) is 0 Å². The molecular weight excluding hydrogens is 282 g/mol. The maximum atomic E-state index is 11.2. The van der Waals surface area contributed by atoms with Gasteiger partial charge in [-0.15, -0.1) is 4.91 Å². The molecule has 7 nitrogen and oxygen atoms in total. The van der Waals surface area contributed by atoms with Crippen molar-refractivity contribution in [1.82, 2.24) is 9.97 Å². The summed E-state index contributed by atoms with van der Waals surface area (Å²) in [5, 5.41) is 6.58. The van der Waals surface area contributed by atoms with Gasteiger partial charge in [0.2, 0.25) is 11.6 Å². The highest BCUT2D eigenvalue weighted by molar-refractivity contribution is 5.68. The van der Waals surface area contributed by atoms with Crippen LogP contribution in [0.3, 0.4) is 0 Å². The lowest BCUT2D eigenvalue weighted by atomic mass is 9.53. The molecule has 4 bridgehead atoms. The zero-order valence-corrected chi connectivity index (χ0v) is 12.7. The van der Waals surface area contributed by atoms with Crippen molar-refractivity contribution in [3.05, 3.63) is 4.91 Å². The highest BCUT2D eigenvalue weighted by Crippen LogP contribution is 2.57. The molecule has 0 aromatic carbocycles. The molecule has 4 saturated carbocycles. The number of nitrogen functional groups attached to an aromatic ring is 1. The van der Waals surface area contributed by atoms with E-state index in [9.17, 15) is 4.91 Å². The smallest absolute Gasteiger partial charge is 0.250 e. The molecule has 0 saturated heterocycles. The lowest BCUT2D eigenvalue weighted by molar-refractivity contribution is 0.0106. The maximum absolute atomic E-state index is 11.2. The van der Waals surface area contributed by atoms with Crippen LogP contribution in [0.25, 0.3) is 0 Å². The van der Waals surface area contributed by atoms with Crippen LogP contribution in [0.5, 0.6) is 5.88 Å². The van der Waals surface area contributed by atoms with E-state index in [-0.39, 0.29) is 23.1 Å². The minimum atomic E-state index is 0.0278. The number of nitrogens with two attached hydrogens (primary N) is 1. The monoisotopic (exact) mass is 303 g/mol. The Hall–Kier alpha value is -1.92. The largest absolute Gasteiger partial charge is 0.479 e. The van der Waals surface area contributed by atoms with Gasteiger partial charge >= 0.3 is 0 Å². The number of hydrogen-bond donors (Lipinski definition) is 2. The minimum Gasteiger partial charge on any atom is -0.479 e. The maximum Gasteiger partial charge on any atom is 0.250 e. The van der Waals surface area contributed by atoms with Crippen LogP contribution in [0.4, 0.5) is 17.5 Å². The number of hydrogen-bond acceptors (Lipinski definition) is 7. The van der Waals surface area contributed by atoms with Gasteiger partial charge in [-0.3, -0.25) is 0 Å². The second-order valence-electron chi connectivity index (χ2n) is 7.20. The molecule has 0 aliphatic heterocycles. The summed E-state index contributed by atoms with van der Waals surface area (Å²) >= 11 is 0. The first kappa shape index (κ1) is 13.7. The van der Waals surface area contributed by atoms with E-state index in [0.29, 0.717) is 5.82 Å². The molecule has 0 amide bonds. The molecule has 22 heavy (non-hydrogen) atoms. The fraction of sp³-hybridized carbons (Fsp3) is 0.733. The molecule has 1 aromatic rings. The lowest BCUT2D eigenvalue weighted by Crippen LogP contribution is -2.54. The van der Waals surface area contributed by atoms with Gasteiger partial charge in [0.15, 0.2) is 5.82 Å². The van der Waals surface area contributed by atoms with Crippen LogP contribution < -0.4 is 15.8 Å². The second kappa shape index (κ2) is 4.79. The van der Waals surface area contributed by atoms with Crippen molar-refractivity contribution in [3.63, 3.8) is 0 Å². The summed E-state index contributed by atoms with van der Waals surface area (Å²) < 4.78 is 5.11. The predicted molar refractivity (Wildman–Crippen MR) is 83.0 cm³/mol. The number of nitrogens with one attached hydrogen (secondary N) is 1. The highest BCUT2D eigenvalue weighted by atomic mass is 16.5. The molecule has 4 fully saturated rings. The number of methoxy groups -OCH3 is 1. The Kier molecular flexibility index (Phi) is 2.99. The third kappa shape index (κ3) is 2.10. The Balaban J connectivity index is 1.69. The summed E-state index contributed by atoms with van der Waals surface area (Å²) in [5.74, 6) is 3.04. The van der Waals surface area contributed by atoms with E-state index >= 15 is 0 Å². The molecule has 4 aliphatic rings. The zero-order chi connectivity index (χ0) is 15.3. The Labute approximate surface area is 129 Å².